The first kappa shape index (κ1) is 15.4. The van der Waals surface area contributed by atoms with Gasteiger partial charge in [-0.3, -0.25) is 0 Å². The van der Waals surface area contributed by atoms with E-state index in [1.807, 2.05) is 25.1 Å². The quantitative estimate of drug-likeness (QED) is 0.628. The molecule has 1 nitrogen and oxygen atoms in total. The minimum absolute atomic E-state index is 0.0855. The molecule has 0 aliphatic rings. The third-order valence-electron chi connectivity index (χ3n) is 3.13. The summed E-state index contributed by atoms with van der Waals surface area (Å²) in [4.78, 5) is 0. The van der Waals surface area contributed by atoms with Crippen molar-refractivity contribution in [2.24, 2.45) is 0 Å². The fourth-order valence-corrected chi connectivity index (χ4v) is 2.75. The van der Waals surface area contributed by atoms with Gasteiger partial charge in [-0.25, -0.2) is 0 Å². The van der Waals surface area contributed by atoms with E-state index in [2.05, 4.69) is 47.1 Å². The Morgan fingerprint density at radius 1 is 1.15 bits per heavy atom. The van der Waals surface area contributed by atoms with Gasteiger partial charge < -0.3 is 4.74 Å². The van der Waals surface area contributed by atoms with Crippen LogP contribution in [0.2, 0.25) is 0 Å². The van der Waals surface area contributed by atoms with Gasteiger partial charge in [0.25, 0.3) is 0 Å². The summed E-state index contributed by atoms with van der Waals surface area (Å²) >= 11 is 10.0. The van der Waals surface area contributed by atoms with E-state index < -0.39 is 0 Å². The molecule has 20 heavy (non-hydrogen) atoms. The van der Waals surface area contributed by atoms with Crippen LogP contribution in [0, 0.1) is 6.92 Å². The molecular formula is C17H18BrClO. The molecule has 0 spiro atoms. The summed E-state index contributed by atoms with van der Waals surface area (Å²) < 4.78 is 6.76. The number of benzene rings is 2. The Bertz CT molecular complexity index is 566. The van der Waals surface area contributed by atoms with E-state index in [0.29, 0.717) is 6.61 Å². The molecule has 1 unspecified atom stereocenters. The third-order valence-corrected chi connectivity index (χ3v) is 4.05. The van der Waals surface area contributed by atoms with Crippen LogP contribution in [0.15, 0.2) is 46.9 Å². The Hall–Kier alpha value is -0.990. The predicted molar refractivity (Wildman–Crippen MR) is 88.8 cm³/mol. The second-order valence-electron chi connectivity index (χ2n) is 4.77. The summed E-state index contributed by atoms with van der Waals surface area (Å²) in [7, 11) is 0. The lowest BCUT2D eigenvalue weighted by atomic mass is 10.0. The maximum absolute atomic E-state index is 6.60. The van der Waals surface area contributed by atoms with Crippen LogP contribution in [0.3, 0.4) is 0 Å². The zero-order valence-electron chi connectivity index (χ0n) is 11.7. The molecule has 2 rings (SSSR count). The first-order valence-corrected chi connectivity index (χ1v) is 7.95. The van der Waals surface area contributed by atoms with Gasteiger partial charge in [-0.2, -0.15) is 0 Å². The molecule has 0 fully saturated rings. The largest absolute Gasteiger partial charge is 0.494 e. The summed E-state index contributed by atoms with van der Waals surface area (Å²) in [6.45, 7) is 4.71. The Morgan fingerprint density at radius 3 is 2.50 bits per heavy atom. The monoisotopic (exact) mass is 352 g/mol. The molecule has 0 saturated heterocycles. The number of alkyl halides is 1. The standard InChI is InChI=1S/C17H18BrClO/c1-3-20-17-9-4-12(2)10-15(17)16(19)11-13-5-7-14(18)8-6-13/h4-10,16H,3,11H2,1-2H3. The van der Waals surface area contributed by atoms with Crippen LogP contribution in [-0.2, 0) is 6.42 Å². The third kappa shape index (κ3) is 4.00. The summed E-state index contributed by atoms with van der Waals surface area (Å²) in [6.07, 6.45) is 0.790. The van der Waals surface area contributed by atoms with E-state index in [1.165, 1.54) is 11.1 Å². The van der Waals surface area contributed by atoms with Crippen molar-refractivity contribution in [3.63, 3.8) is 0 Å². The zero-order chi connectivity index (χ0) is 14.5. The number of rotatable bonds is 5. The van der Waals surface area contributed by atoms with E-state index in [-0.39, 0.29) is 5.38 Å². The van der Waals surface area contributed by atoms with Crippen molar-refractivity contribution in [3.8, 4) is 5.75 Å². The fourth-order valence-electron chi connectivity index (χ4n) is 2.14. The van der Waals surface area contributed by atoms with Gasteiger partial charge in [-0.05, 0) is 44.0 Å². The molecule has 1 atom stereocenters. The molecule has 0 radical (unpaired) electrons. The summed E-state index contributed by atoms with van der Waals surface area (Å²) in [5.41, 5.74) is 3.48. The van der Waals surface area contributed by atoms with Gasteiger partial charge in [0.1, 0.15) is 5.75 Å². The highest BCUT2D eigenvalue weighted by Gasteiger charge is 2.14. The lowest BCUT2D eigenvalue weighted by molar-refractivity contribution is 0.336. The van der Waals surface area contributed by atoms with Crippen LogP contribution in [0.4, 0.5) is 0 Å². The van der Waals surface area contributed by atoms with Gasteiger partial charge >= 0.3 is 0 Å². The molecule has 0 aliphatic carbocycles. The minimum atomic E-state index is -0.0855. The molecule has 2 aromatic carbocycles. The van der Waals surface area contributed by atoms with Gasteiger partial charge in [-0.1, -0.05) is 45.8 Å². The lowest BCUT2D eigenvalue weighted by Crippen LogP contribution is -2.02. The Balaban J connectivity index is 2.21. The van der Waals surface area contributed by atoms with Crippen molar-refractivity contribution in [1.29, 1.82) is 0 Å². The fraction of sp³-hybridized carbons (Fsp3) is 0.294. The van der Waals surface area contributed by atoms with Crippen LogP contribution < -0.4 is 4.74 Å². The van der Waals surface area contributed by atoms with Crippen molar-refractivity contribution in [2.45, 2.75) is 25.6 Å². The van der Waals surface area contributed by atoms with Crippen LogP contribution in [-0.4, -0.2) is 6.61 Å². The summed E-state index contributed by atoms with van der Waals surface area (Å²) in [5.74, 6) is 0.884. The lowest BCUT2D eigenvalue weighted by Gasteiger charge is -2.16. The molecule has 0 saturated carbocycles. The molecule has 0 N–H and O–H groups in total. The molecule has 0 aromatic heterocycles. The van der Waals surface area contributed by atoms with Crippen LogP contribution >= 0.6 is 27.5 Å². The molecule has 3 heteroatoms. The molecular weight excluding hydrogens is 336 g/mol. The molecule has 0 amide bonds. The van der Waals surface area contributed by atoms with Crippen molar-refractivity contribution in [2.75, 3.05) is 6.61 Å². The molecule has 2 aromatic rings. The predicted octanol–water partition coefficient (Wildman–Crippen LogP) is 5.68. The van der Waals surface area contributed by atoms with Gasteiger partial charge in [0.15, 0.2) is 0 Å². The normalized spacial score (nSPS) is 12.2. The Morgan fingerprint density at radius 2 is 1.85 bits per heavy atom. The average Bonchev–Trinajstić information content (AvgIpc) is 2.43. The van der Waals surface area contributed by atoms with E-state index in [9.17, 15) is 0 Å². The summed E-state index contributed by atoms with van der Waals surface area (Å²) in [5, 5.41) is -0.0855. The topological polar surface area (TPSA) is 9.23 Å². The van der Waals surface area contributed by atoms with Crippen molar-refractivity contribution >= 4 is 27.5 Å². The molecule has 0 heterocycles. The molecule has 106 valence electrons. The highest BCUT2D eigenvalue weighted by atomic mass is 79.9. The Kier molecular flexibility index (Phi) is 5.50. The maximum Gasteiger partial charge on any atom is 0.123 e. The number of ether oxygens (including phenoxy) is 1. The SMILES string of the molecule is CCOc1ccc(C)cc1C(Cl)Cc1ccc(Br)cc1. The molecule has 0 aliphatic heterocycles. The van der Waals surface area contributed by atoms with E-state index >= 15 is 0 Å². The van der Waals surface area contributed by atoms with Gasteiger partial charge in [0, 0.05) is 10.0 Å². The second-order valence-corrected chi connectivity index (χ2v) is 6.21. The van der Waals surface area contributed by atoms with Crippen LogP contribution in [0.1, 0.15) is 29.0 Å². The number of halogens is 2. The van der Waals surface area contributed by atoms with E-state index in [0.717, 1.165) is 22.2 Å². The Labute approximate surface area is 134 Å². The highest BCUT2D eigenvalue weighted by Crippen LogP contribution is 2.33. The molecule has 0 bridgehead atoms. The zero-order valence-corrected chi connectivity index (χ0v) is 14.0. The van der Waals surface area contributed by atoms with Crippen molar-refractivity contribution in [1.82, 2.24) is 0 Å². The summed E-state index contributed by atoms with van der Waals surface area (Å²) in [6, 6.07) is 14.4. The first-order valence-electron chi connectivity index (χ1n) is 6.72. The first-order chi connectivity index (χ1) is 9.60. The minimum Gasteiger partial charge on any atom is -0.494 e. The number of hydrogen-bond acceptors (Lipinski definition) is 1. The van der Waals surface area contributed by atoms with E-state index in [1.54, 1.807) is 0 Å². The highest BCUT2D eigenvalue weighted by molar-refractivity contribution is 9.10. The maximum atomic E-state index is 6.60. The van der Waals surface area contributed by atoms with E-state index in [4.69, 9.17) is 16.3 Å². The average molecular weight is 354 g/mol. The van der Waals surface area contributed by atoms with Crippen molar-refractivity contribution in [3.05, 3.63) is 63.6 Å². The van der Waals surface area contributed by atoms with Crippen LogP contribution in [0.5, 0.6) is 5.75 Å². The number of hydrogen-bond donors (Lipinski definition) is 0. The second kappa shape index (κ2) is 7.14. The van der Waals surface area contributed by atoms with Crippen molar-refractivity contribution < 1.29 is 4.74 Å². The van der Waals surface area contributed by atoms with Gasteiger partial charge in [0.2, 0.25) is 0 Å². The van der Waals surface area contributed by atoms with Gasteiger partial charge in [-0.15, -0.1) is 11.6 Å². The number of aryl methyl sites for hydroxylation is 1. The van der Waals surface area contributed by atoms with Crippen LogP contribution in [0.25, 0.3) is 0 Å². The van der Waals surface area contributed by atoms with Gasteiger partial charge in [0.05, 0.1) is 12.0 Å². The smallest absolute Gasteiger partial charge is 0.123 e.